The van der Waals surface area contributed by atoms with E-state index in [1.54, 1.807) is 0 Å². The lowest BCUT2D eigenvalue weighted by molar-refractivity contribution is 0.0994. The Morgan fingerprint density at radius 1 is 1.67 bits per heavy atom. The van der Waals surface area contributed by atoms with Crippen LogP contribution in [0.2, 0.25) is 0 Å². The molecule has 1 aromatic heterocycles. The van der Waals surface area contributed by atoms with Crippen LogP contribution < -0.4 is 11.1 Å². The lowest BCUT2D eigenvalue weighted by atomic mass is 10.1. The molecule has 0 saturated heterocycles. The largest absolute Gasteiger partial charge is 0.364 e. The molecular weight excluding hydrogens is 192 g/mol. The molecule has 82 valence electrons. The van der Waals surface area contributed by atoms with Gasteiger partial charge in [-0.05, 0) is 26.8 Å². The first-order chi connectivity index (χ1) is 7.11. The van der Waals surface area contributed by atoms with E-state index in [1.165, 1.54) is 0 Å². The Kier molecular flexibility index (Phi) is 2.48. The standard InChI is InChI=1S/C10H16N4O/c1-6-8(10(11)15)13-14-5-3-4-12-7(2)9(6)14/h7,12H,3-5H2,1-2H3,(H2,11,15). The SMILES string of the molecule is Cc1c(C(N)=O)nn2c1C(C)NCCC2. The van der Waals surface area contributed by atoms with Gasteiger partial charge >= 0.3 is 0 Å². The molecule has 5 heteroatoms. The summed E-state index contributed by atoms with van der Waals surface area (Å²) in [5, 5.41) is 7.64. The Morgan fingerprint density at radius 3 is 3.07 bits per heavy atom. The summed E-state index contributed by atoms with van der Waals surface area (Å²) in [6.07, 6.45) is 1.02. The van der Waals surface area contributed by atoms with Crippen molar-refractivity contribution in [2.24, 2.45) is 5.73 Å². The number of aromatic nitrogens is 2. The fraction of sp³-hybridized carbons (Fsp3) is 0.600. The summed E-state index contributed by atoms with van der Waals surface area (Å²) in [7, 11) is 0. The fourth-order valence-corrected chi connectivity index (χ4v) is 2.16. The highest BCUT2D eigenvalue weighted by molar-refractivity contribution is 5.92. The van der Waals surface area contributed by atoms with Gasteiger partial charge < -0.3 is 11.1 Å². The molecule has 1 aliphatic heterocycles. The van der Waals surface area contributed by atoms with Crippen LogP contribution in [0.4, 0.5) is 0 Å². The topological polar surface area (TPSA) is 72.9 Å². The Balaban J connectivity index is 2.51. The summed E-state index contributed by atoms with van der Waals surface area (Å²) in [5.41, 5.74) is 7.67. The van der Waals surface area contributed by atoms with Crippen molar-refractivity contribution in [3.8, 4) is 0 Å². The van der Waals surface area contributed by atoms with Crippen LogP contribution in [0.3, 0.4) is 0 Å². The monoisotopic (exact) mass is 208 g/mol. The van der Waals surface area contributed by atoms with Gasteiger partial charge in [-0.15, -0.1) is 0 Å². The van der Waals surface area contributed by atoms with E-state index in [9.17, 15) is 4.79 Å². The van der Waals surface area contributed by atoms with Gasteiger partial charge in [0.2, 0.25) is 0 Å². The smallest absolute Gasteiger partial charge is 0.269 e. The number of hydrogen-bond acceptors (Lipinski definition) is 3. The van der Waals surface area contributed by atoms with Crippen molar-refractivity contribution in [2.75, 3.05) is 6.54 Å². The van der Waals surface area contributed by atoms with E-state index in [-0.39, 0.29) is 6.04 Å². The number of aryl methyl sites for hydroxylation is 1. The Bertz CT molecular complexity index is 396. The summed E-state index contributed by atoms with van der Waals surface area (Å²) in [4.78, 5) is 11.2. The van der Waals surface area contributed by atoms with Crippen molar-refractivity contribution in [1.82, 2.24) is 15.1 Å². The minimum absolute atomic E-state index is 0.230. The van der Waals surface area contributed by atoms with Crippen LogP contribution >= 0.6 is 0 Å². The van der Waals surface area contributed by atoms with Crippen LogP contribution in [0.5, 0.6) is 0 Å². The third-order valence-corrected chi connectivity index (χ3v) is 2.88. The molecule has 5 nitrogen and oxygen atoms in total. The van der Waals surface area contributed by atoms with Crippen LogP contribution in [0.25, 0.3) is 0 Å². The fourth-order valence-electron chi connectivity index (χ4n) is 2.16. The first-order valence-electron chi connectivity index (χ1n) is 5.21. The van der Waals surface area contributed by atoms with Crippen molar-refractivity contribution in [1.29, 1.82) is 0 Å². The molecule has 3 N–H and O–H groups in total. The van der Waals surface area contributed by atoms with Crippen molar-refractivity contribution in [3.05, 3.63) is 17.0 Å². The Morgan fingerprint density at radius 2 is 2.40 bits per heavy atom. The number of nitrogens with two attached hydrogens (primary N) is 1. The minimum atomic E-state index is -0.444. The second-order valence-electron chi connectivity index (χ2n) is 3.98. The van der Waals surface area contributed by atoms with Gasteiger partial charge in [-0.2, -0.15) is 5.10 Å². The summed E-state index contributed by atoms with van der Waals surface area (Å²) in [6, 6.07) is 0.230. The summed E-state index contributed by atoms with van der Waals surface area (Å²) >= 11 is 0. The molecular formula is C10H16N4O. The van der Waals surface area contributed by atoms with E-state index < -0.39 is 5.91 Å². The van der Waals surface area contributed by atoms with Gasteiger partial charge in [-0.3, -0.25) is 9.48 Å². The molecule has 0 aliphatic carbocycles. The molecule has 1 unspecified atom stereocenters. The highest BCUT2D eigenvalue weighted by atomic mass is 16.1. The molecule has 0 aromatic carbocycles. The predicted molar refractivity (Wildman–Crippen MR) is 56.5 cm³/mol. The van der Waals surface area contributed by atoms with Crippen LogP contribution in [-0.2, 0) is 6.54 Å². The van der Waals surface area contributed by atoms with E-state index in [0.29, 0.717) is 5.69 Å². The number of nitrogens with one attached hydrogen (secondary N) is 1. The van der Waals surface area contributed by atoms with Gasteiger partial charge in [0.15, 0.2) is 5.69 Å². The molecule has 1 amide bonds. The van der Waals surface area contributed by atoms with Crippen molar-refractivity contribution in [3.63, 3.8) is 0 Å². The molecule has 1 aromatic rings. The van der Waals surface area contributed by atoms with Gasteiger partial charge in [0.25, 0.3) is 5.91 Å². The summed E-state index contributed by atoms with van der Waals surface area (Å²) < 4.78 is 1.90. The highest BCUT2D eigenvalue weighted by Gasteiger charge is 2.23. The second-order valence-corrected chi connectivity index (χ2v) is 3.98. The first kappa shape index (κ1) is 10.2. The van der Waals surface area contributed by atoms with Gasteiger partial charge in [-0.25, -0.2) is 0 Å². The number of carbonyl (C=O) groups is 1. The average Bonchev–Trinajstić information content (AvgIpc) is 2.38. The number of rotatable bonds is 1. The third-order valence-electron chi connectivity index (χ3n) is 2.88. The number of carbonyl (C=O) groups excluding carboxylic acids is 1. The molecule has 0 spiro atoms. The van der Waals surface area contributed by atoms with Gasteiger partial charge in [0.05, 0.1) is 5.69 Å². The zero-order valence-corrected chi connectivity index (χ0v) is 9.08. The maximum atomic E-state index is 11.2. The number of primary amides is 1. The molecule has 0 bridgehead atoms. The molecule has 2 heterocycles. The van der Waals surface area contributed by atoms with E-state index in [2.05, 4.69) is 17.3 Å². The number of hydrogen-bond donors (Lipinski definition) is 2. The van der Waals surface area contributed by atoms with Crippen molar-refractivity contribution >= 4 is 5.91 Å². The van der Waals surface area contributed by atoms with Crippen molar-refractivity contribution in [2.45, 2.75) is 32.9 Å². The number of nitrogens with zero attached hydrogens (tertiary/aromatic N) is 2. The van der Waals surface area contributed by atoms with Gasteiger partial charge in [0, 0.05) is 18.2 Å². The summed E-state index contributed by atoms with van der Waals surface area (Å²) in [5.74, 6) is -0.444. The average molecular weight is 208 g/mol. The highest BCUT2D eigenvalue weighted by Crippen LogP contribution is 2.22. The third kappa shape index (κ3) is 1.63. The zero-order chi connectivity index (χ0) is 11.0. The predicted octanol–water partition coefficient (Wildman–Crippen LogP) is 0.345. The Labute approximate surface area is 88.6 Å². The molecule has 15 heavy (non-hydrogen) atoms. The minimum Gasteiger partial charge on any atom is -0.364 e. The summed E-state index contributed by atoms with van der Waals surface area (Å²) in [6.45, 7) is 5.82. The second kappa shape index (κ2) is 3.66. The maximum absolute atomic E-state index is 11.2. The molecule has 2 rings (SSSR count). The molecule has 1 atom stereocenters. The number of amides is 1. The van der Waals surface area contributed by atoms with E-state index in [1.807, 2.05) is 11.6 Å². The lowest BCUT2D eigenvalue weighted by Gasteiger charge is -2.11. The van der Waals surface area contributed by atoms with Gasteiger partial charge in [-0.1, -0.05) is 0 Å². The lowest BCUT2D eigenvalue weighted by Crippen LogP contribution is -2.19. The zero-order valence-electron chi connectivity index (χ0n) is 9.08. The van der Waals surface area contributed by atoms with E-state index in [4.69, 9.17) is 5.73 Å². The van der Waals surface area contributed by atoms with E-state index >= 15 is 0 Å². The van der Waals surface area contributed by atoms with Crippen LogP contribution in [-0.4, -0.2) is 22.2 Å². The normalized spacial score (nSPS) is 20.8. The maximum Gasteiger partial charge on any atom is 0.269 e. The van der Waals surface area contributed by atoms with Crippen LogP contribution in [0, 0.1) is 6.92 Å². The number of fused-ring (bicyclic) bond motifs is 1. The van der Waals surface area contributed by atoms with E-state index in [0.717, 1.165) is 30.8 Å². The Hall–Kier alpha value is -1.36. The molecule has 1 aliphatic rings. The quantitative estimate of drug-likeness (QED) is 0.699. The van der Waals surface area contributed by atoms with Crippen molar-refractivity contribution < 1.29 is 4.79 Å². The first-order valence-corrected chi connectivity index (χ1v) is 5.21. The van der Waals surface area contributed by atoms with Crippen LogP contribution in [0.15, 0.2) is 0 Å². The molecule has 0 saturated carbocycles. The van der Waals surface area contributed by atoms with Crippen LogP contribution in [0.1, 0.15) is 41.1 Å². The molecule has 0 radical (unpaired) electrons. The molecule has 0 fully saturated rings. The van der Waals surface area contributed by atoms with Gasteiger partial charge in [0.1, 0.15) is 0 Å².